The smallest absolute Gasteiger partial charge is 0.134 e. The van der Waals surface area contributed by atoms with Crippen molar-refractivity contribution in [1.82, 2.24) is 10.3 Å². The summed E-state index contributed by atoms with van der Waals surface area (Å²) in [7, 11) is 0. The fraction of sp³-hybridized carbons (Fsp3) is 0.438. The number of para-hydroxylation sites is 1. The van der Waals surface area contributed by atoms with Gasteiger partial charge < -0.3 is 5.32 Å². The summed E-state index contributed by atoms with van der Waals surface area (Å²) in [5.74, 6) is 0. The average Bonchev–Trinajstić information content (AvgIpc) is 2.46. The fourth-order valence-electron chi connectivity index (χ4n) is 2.82. The summed E-state index contributed by atoms with van der Waals surface area (Å²) in [4.78, 5) is 4.46. The van der Waals surface area contributed by atoms with E-state index >= 15 is 0 Å². The summed E-state index contributed by atoms with van der Waals surface area (Å²) in [5, 5.41) is 5.41. The Bertz CT molecular complexity index is 562. The molecule has 3 heteroatoms. The fourth-order valence-corrected chi connectivity index (χ4v) is 3.03. The molecule has 1 heterocycles. The van der Waals surface area contributed by atoms with Crippen molar-refractivity contribution in [3.8, 4) is 0 Å². The van der Waals surface area contributed by atoms with E-state index in [1.54, 1.807) is 0 Å². The van der Waals surface area contributed by atoms with Crippen LogP contribution in [0, 0.1) is 0 Å². The second-order valence-electron chi connectivity index (χ2n) is 5.35. The summed E-state index contributed by atoms with van der Waals surface area (Å²) in [6.45, 7) is 0.821. The number of benzene rings is 1. The van der Waals surface area contributed by atoms with Crippen LogP contribution in [0.25, 0.3) is 10.9 Å². The van der Waals surface area contributed by atoms with E-state index in [9.17, 15) is 0 Å². The third kappa shape index (κ3) is 3.07. The normalized spacial score (nSPS) is 16.9. The van der Waals surface area contributed by atoms with Crippen molar-refractivity contribution in [1.29, 1.82) is 0 Å². The summed E-state index contributed by atoms with van der Waals surface area (Å²) < 4.78 is 0. The lowest BCUT2D eigenvalue weighted by Crippen LogP contribution is -2.30. The van der Waals surface area contributed by atoms with Gasteiger partial charge in [0, 0.05) is 23.5 Å². The zero-order valence-electron chi connectivity index (χ0n) is 11.0. The molecule has 0 radical (unpaired) electrons. The van der Waals surface area contributed by atoms with Crippen molar-refractivity contribution in [2.45, 2.75) is 44.7 Å². The molecule has 2 nitrogen and oxygen atoms in total. The van der Waals surface area contributed by atoms with Crippen LogP contribution >= 0.6 is 11.6 Å². The number of nitrogens with zero attached hydrogens (tertiary/aromatic N) is 1. The van der Waals surface area contributed by atoms with E-state index in [4.69, 9.17) is 11.6 Å². The van der Waals surface area contributed by atoms with Gasteiger partial charge in [0.05, 0.1) is 5.52 Å². The Morgan fingerprint density at radius 3 is 2.79 bits per heavy atom. The quantitative estimate of drug-likeness (QED) is 0.844. The molecule has 1 fully saturated rings. The molecule has 1 N–H and O–H groups in total. The van der Waals surface area contributed by atoms with Gasteiger partial charge in [0.25, 0.3) is 0 Å². The van der Waals surface area contributed by atoms with Crippen LogP contribution in [0.2, 0.25) is 5.15 Å². The predicted octanol–water partition coefficient (Wildman–Crippen LogP) is 4.31. The minimum absolute atomic E-state index is 0.627. The minimum atomic E-state index is 0.627. The number of hydrogen-bond acceptors (Lipinski definition) is 2. The van der Waals surface area contributed by atoms with Gasteiger partial charge in [-0.05, 0) is 25.0 Å². The Labute approximate surface area is 119 Å². The lowest BCUT2D eigenvalue weighted by molar-refractivity contribution is 0.372. The van der Waals surface area contributed by atoms with Crippen molar-refractivity contribution in [3.05, 3.63) is 41.0 Å². The highest BCUT2D eigenvalue weighted by atomic mass is 35.5. The molecule has 0 atom stereocenters. The number of pyridine rings is 1. The van der Waals surface area contributed by atoms with Crippen molar-refractivity contribution in [2.24, 2.45) is 0 Å². The van der Waals surface area contributed by atoms with Crippen LogP contribution in [0.4, 0.5) is 0 Å². The third-order valence-corrected chi connectivity index (χ3v) is 4.26. The number of rotatable bonds is 3. The first-order valence-corrected chi connectivity index (χ1v) is 7.48. The molecule has 1 aliphatic carbocycles. The van der Waals surface area contributed by atoms with E-state index in [0.29, 0.717) is 11.2 Å². The molecule has 19 heavy (non-hydrogen) atoms. The maximum atomic E-state index is 6.27. The maximum Gasteiger partial charge on any atom is 0.134 e. The number of halogens is 1. The second kappa shape index (κ2) is 5.89. The zero-order valence-corrected chi connectivity index (χ0v) is 11.8. The van der Waals surface area contributed by atoms with Crippen LogP contribution in [-0.2, 0) is 6.54 Å². The van der Waals surface area contributed by atoms with E-state index < -0.39 is 0 Å². The lowest BCUT2D eigenvalue weighted by atomic mass is 9.95. The number of nitrogens with one attached hydrogen (secondary N) is 1. The van der Waals surface area contributed by atoms with E-state index in [-0.39, 0.29) is 0 Å². The summed E-state index contributed by atoms with van der Waals surface area (Å²) >= 11 is 6.27. The van der Waals surface area contributed by atoms with Gasteiger partial charge in [-0.2, -0.15) is 0 Å². The van der Waals surface area contributed by atoms with E-state index in [0.717, 1.165) is 23.0 Å². The van der Waals surface area contributed by atoms with Gasteiger partial charge in [-0.3, -0.25) is 0 Å². The van der Waals surface area contributed by atoms with Gasteiger partial charge in [0.2, 0.25) is 0 Å². The molecule has 100 valence electrons. The van der Waals surface area contributed by atoms with E-state index in [1.807, 2.05) is 18.2 Å². The Kier molecular flexibility index (Phi) is 4.00. The van der Waals surface area contributed by atoms with E-state index in [1.165, 1.54) is 32.1 Å². The Morgan fingerprint density at radius 2 is 1.95 bits per heavy atom. The SMILES string of the molecule is Clc1nc2ccccc2cc1CNC1CCCCC1. The molecule has 2 aromatic rings. The van der Waals surface area contributed by atoms with Gasteiger partial charge in [0.15, 0.2) is 0 Å². The molecular formula is C16H19ClN2. The summed E-state index contributed by atoms with van der Waals surface area (Å²) in [6, 6.07) is 10.9. The number of hydrogen-bond donors (Lipinski definition) is 1. The van der Waals surface area contributed by atoms with Crippen molar-refractivity contribution >= 4 is 22.5 Å². The molecule has 0 spiro atoms. The standard InChI is InChI=1S/C16H19ClN2/c17-16-13(11-18-14-7-2-1-3-8-14)10-12-6-4-5-9-15(12)19-16/h4-6,9-10,14,18H,1-3,7-8,11H2. The zero-order chi connectivity index (χ0) is 13.1. The Hall–Kier alpha value is -1.12. The van der Waals surface area contributed by atoms with Crippen LogP contribution < -0.4 is 5.32 Å². The molecule has 0 unspecified atom stereocenters. The molecular weight excluding hydrogens is 256 g/mol. The topological polar surface area (TPSA) is 24.9 Å². The van der Waals surface area contributed by atoms with Gasteiger partial charge in [-0.1, -0.05) is 49.1 Å². The Morgan fingerprint density at radius 1 is 1.16 bits per heavy atom. The number of aromatic nitrogens is 1. The second-order valence-corrected chi connectivity index (χ2v) is 5.70. The van der Waals surface area contributed by atoms with Crippen LogP contribution in [-0.4, -0.2) is 11.0 Å². The first-order valence-electron chi connectivity index (χ1n) is 7.10. The van der Waals surface area contributed by atoms with Crippen LogP contribution in [0.1, 0.15) is 37.7 Å². The van der Waals surface area contributed by atoms with Gasteiger partial charge in [0.1, 0.15) is 5.15 Å². The first kappa shape index (κ1) is 12.9. The largest absolute Gasteiger partial charge is 0.310 e. The van der Waals surface area contributed by atoms with Gasteiger partial charge in [-0.15, -0.1) is 0 Å². The molecule has 0 aliphatic heterocycles. The summed E-state index contributed by atoms with van der Waals surface area (Å²) in [5.41, 5.74) is 2.07. The molecule has 1 aliphatic rings. The Balaban J connectivity index is 1.74. The molecule has 1 aromatic carbocycles. The van der Waals surface area contributed by atoms with Crippen LogP contribution in [0.5, 0.6) is 0 Å². The van der Waals surface area contributed by atoms with Crippen molar-refractivity contribution < 1.29 is 0 Å². The lowest BCUT2D eigenvalue weighted by Gasteiger charge is -2.23. The van der Waals surface area contributed by atoms with Crippen molar-refractivity contribution in [3.63, 3.8) is 0 Å². The maximum absolute atomic E-state index is 6.27. The van der Waals surface area contributed by atoms with Gasteiger partial charge >= 0.3 is 0 Å². The highest BCUT2D eigenvalue weighted by molar-refractivity contribution is 6.30. The minimum Gasteiger partial charge on any atom is -0.310 e. The molecule has 0 bridgehead atoms. The van der Waals surface area contributed by atoms with E-state index in [2.05, 4.69) is 22.4 Å². The van der Waals surface area contributed by atoms with Gasteiger partial charge in [-0.25, -0.2) is 4.98 Å². The van der Waals surface area contributed by atoms with Crippen LogP contribution in [0.15, 0.2) is 30.3 Å². The molecule has 1 aromatic heterocycles. The molecule has 3 rings (SSSR count). The van der Waals surface area contributed by atoms with Crippen molar-refractivity contribution in [2.75, 3.05) is 0 Å². The van der Waals surface area contributed by atoms with Crippen LogP contribution in [0.3, 0.4) is 0 Å². The molecule has 0 amide bonds. The third-order valence-electron chi connectivity index (χ3n) is 3.94. The number of fused-ring (bicyclic) bond motifs is 1. The molecule has 0 saturated heterocycles. The molecule has 1 saturated carbocycles. The monoisotopic (exact) mass is 274 g/mol. The average molecular weight is 275 g/mol. The predicted molar refractivity (Wildman–Crippen MR) is 80.5 cm³/mol. The highest BCUT2D eigenvalue weighted by Gasteiger charge is 2.13. The highest BCUT2D eigenvalue weighted by Crippen LogP contribution is 2.22. The summed E-state index contributed by atoms with van der Waals surface area (Å²) in [6.07, 6.45) is 6.66. The first-order chi connectivity index (χ1) is 9.33.